The first-order chi connectivity index (χ1) is 16.5. The number of para-hydroxylation sites is 1. The van der Waals surface area contributed by atoms with Gasteiger partial charge in [0.2, 0.25) is 11.8 Å². The highest BCUT2D eigenvalue weighted by molar-refractivity contribution is 5.92. The first-order valence-electron chi connectivity index (χ1n) is 11.9. The molecule has 8 nitrogen and oxygen atoms in total. The number of benzene rings is 2. The number of aryl methyl sites for hydroxylation is 1. The summed E-state index contributed by atoms with van der Waals surface area (Å²) in [5.74, 6) is 0.309. The van der Waals surface area contributed by atoms with E-state index in [1.54, 1.807) is 18.2 Å². The molecule has 3 aromatic rings. The summed E-state index contributed by atoms with van der Waals surface area (Å²) in [6.07, 6.45) is 3.93. The molecule has 2 aromatic carbocycles. The number of carbonyl (C=O) groups excluding carboxylic acids is 2. The van der Waals surface area contributed by atoms with Gasteiger partial charge in [-0.3, -0.25) is 14.4 Å². The molecule has 34 heavy (non-hydrogen) atoms. The summed E-state index contributed by atoms with van der Waals surface area (Å²) in [5, 5.41) is 6.37. The van der Waals surface area contributed by atoms with Gasteiger partial charge in [0.15, 0.2) is 0 Å². The van der Waals surface area contributed by atoms with Crippen molar-refractivity contribution in [2.75, 3.05) is 23.3 Å². The van der Waals surface area contributed by atoms with Crippen molar-refractivity contribution in [1.29, 1.82) is 0 Å². The molecule has 1 aromatic heterocycles. The molecule has 0 bridgehead atoms. The molecule has 4 rings (SSSR count). The Morgan fingerprint density at radius 2 is 1.88 bits per heavy atom. The highest BCUT2D eigenvalue weighted by atomic mass is 16.2. The Hall–Kier alpha value is -3.68. The molecule has 0 saturated carbocycles. The summed E-state index contributed by atoms with van der Waals surface area (Å²) < 4.78 is 0. The van der Waals surface area contributed by atoms with E-state index in [4.69, 9.17) is 0 Å². The number of fused-ring (bicyclic) bond motifs is 1. The second kappa shape index (κ2) is 11.0. The monoisotopic (exact) mass is 461 g/mol. The van der Waals surface area contributed by atoms with Crippen LogP contribution in [-0.2, 0) is 16.0 Å². The third-order valence-electron chi connectivity index (χ3n) is 5.98. The largest absolute Gasteiger partial charge is 0.371 e. The molecule has 1 fully saturated rings. The van der Waals surface area contributed by atoms with Crippen LogP contribution >= 0.6 is 0 Å². The molecule has 8 heteroatoms. The fourth-order valence-corrected chi connectivity index (χ4v) is 4.31. The van der Waals surface area contributed by atoms with E-state index in [1.807, 2.05) is 31.2 Å². The SMILES string of the molecule is CC(CC(=O)Nc1cccc(N2CCCC2)c1)NC(=O)CCCc1nc2ccccc2c(=O)[nH]1. The standard InChI is InChI=1S/C26H31N5O3/c1-18(16-25(33)28-19-8-6-9-20(17-19)31-14-4-5-15-31)27-24(32)13-7-12-23-29-22-11-3-2-10-21(22)26(34)30-23/h2-3,6,8-11,17-18H,4-5,7,12-16H2,1H3,(H,27,32)(H,28,33)(H,29,30,34). The summed E-state index contributed by atoms with van der Waals surface area (Å²) in [7, 11) is 0. The predicted molar refractivity (Wildman–Crippen MR) is 134 cm³/mol. The quantitative estimate of drug-likeness (QED) is 0.453. The van der Waals surface area contributed by atoms with Crippen LogP contribution < -0.4 is 21.1 Å². The van der Waals surface area contributed by atoms with Crippen LogP contribution in [0, 0.1) is 0 Å². The number of hydrogen-bond acceptors (Lipinski definition) is 5. The van der Waals surface area contributed by atoms with Gasteiger partial charge < -0.3 is 20.5 Å². The number of nitrogens with one attached hydrogen (secondary N) is 3. The molecule has 3 N–H and O–H groups in total. The highest BCUT2D eigenvalue weighted by Gasteiger charge is 2.15. The lowest BCUT2D eigenvalue weighted by Gasteiger charge is -2.19. The third-order valence-corrected chi connectivity index (χ3v) is 5.98. The van der Waals surface area contributed by atoms with Gasteiger partial charge in [-0.25, -0.2) is 4.98 Å². The minimum atomic E-state index is -0.284. The van der Waals surface area contributed by atoms with E-state index in [2.05, 4.69) is 31.6 Å². The topological polar surface area (TPSA) is 107 Å². The van der Waals surface area contributed by atoms with Gasteiger partial charge in [-0.1, -0.05) is 18.2 Å². The van der Waals surface area contributed by atoms with Crippen LogP contribution in [-0.4, -0.2) is 40.9 Å². The van der Waals surface area contributed by atoms with Gasteiger partial charge in [-0.15, -0.1) is 0 Å². The molecule has 2 heterocycles. The van der Waals surface area contributed by atoms with Crippen molar-refractivity contribution in [2.24, 2.45) is 0 Å². The Morgan fingerprint density at radius 1 is 1.09 bits per heavy atom. The van der Waals surface area contributed by atoms with Crippen LogP contribution in [0.5, 0.6) is 0 Å². The number of anilines is 2. The van der Waals surface area contributed by atoms with Crippen LogP contribution in [0.3, 0.4) is 0 Å². The van der Waals surface area contributed by atoms with Crippen molar-refractivity contribution in [3.63, 3.8) is 0 Å². The summed E-state index contributed by atoms with van der Waals surface area (Å²) in [4.78, 5) is 46.5. The third kappa shape index (κ3) is 6.21. The number of carbonyl (C=O) groups is 2. The first kappa shape index (κ1) is 23.5. The summed E-state index contributed by atoms with van der Waals surface area (Å²) >= 11 is 0. The van der Waals surface area contributed by atoms with Crippen molar-refractivity contribution < 1.29 is 9.59 Å². The van der Waals surface area contributed by atoms with E-state index in [0.29, 0.717) is 36.0 Å². The number of amides is 2. The number of rotatable bonds is 9. The minimum absolute atomic E-state index is 0.125. The molecule has 0 spiro atoms. The molecule has 2 amide bonds. The number of aromatic amines is 1. The van der Waals surface area contributed by atoms with Crippen molar-refractivity contribution in [3.8, 4) is 0 Å². The van der Waals surface area contributed by atoms with Gasteiger partial charge in [0.05, 0.1) is 10.9 Å². The molecular formula is C26H31N5O3. The summed E-state index contributed by atoms with van der Waals surface area (Å²) in [6.45, 7) is 3.92. The molecule has 1 atom stereocenters. The second-order valence-electron chi connectivity index (χ2n) is 8.85. The van der Waals surface area contributed by atoms with Gasteiger partial charge in [-0.2, -0.15) is 0 Å². The molecular weight excluding hydrogens is 430 g/mol. The smallest absolute Gasteiger partial charge is 0.258 e. The minimum Gasteiger partial charge on any atom is -0.371 e. The van der Waals surface area contributed by atoms with Crippen molar-refractivity contribution >= 4 is 34.1 Å². The van der Waals surface area contributed by atoms with Crippen LogP contribution in [0.15, 0.2) is 53.3 Å². The average molecular weight is 462 g/mol. The van der Waals surface area contributed by atoms with Crippen LogP contribution in [0.25, 0.3) is 10.9 Å². The average Bonchev–Trinajstić information content (AvgIpc) is 3.34. The summed E-state index contributed by atoms with van der Waals surface area (Å²) in [6, 6.07) is 14.8. The molecule has 1 aliphatic rings. The van der Waals surface area contributed by atoms with Gasteiger partial charge in [0.25, 0.3) is 5.56 Å². The Bertz CT molecular complexity index is 1220. The van der Waals surface area contributed by atoms with E-state index in [1.165, 1.54) is 12.8 Å². The second-order valence-corrected chi connectivity index (χ2v) is 8.85. The molecule has 178 valence electrons. The Balaban J connectivity index is 1.20. The van der Waals surface area contributed by atoms with E-state index in [-0.39, 0.29) is 29.8 Å². The van der Waals surface area contributed by atoms with Crippen LogP contribution in [0.1, 0.15) is 44.9 Å². The van der Waals surface area contributed by atoms with Crippen molar-refractivity contribution in [1.82, 2.24) is 15.3 Å². The lowest BCUT2D eigenvalue weighted by Crippen LogP contribution is -2.35. The van der Waals surface area contributed by atoms with Crippen LogP contribution in [0.4, 0.5) is 11.4 Å². The number of nitrogens with zero attached hydrogens (tertiary/aromatic N) is 2. The Kier molecular flexibility index (Phi) is 7.57. The van der Waals surface area contributed by atoms with Crippen LogP contribution in [0.2, 0.25) is 0 Å². The van der Waals surface area contributed by atoms with Gasteiger partial charge in [0.1, 0.15) is 5.82 Å². The molecule has 0 radical (unpaired) electrons. The Morgan fingerprint density at radius 3 is 2.71 bits per heavy atom. The first-order valence-corrected chi connectivity index (χ1v) is 11.9. The zero-order chi connectivity index (χ0) is 23.9. The van der Waals surface area contributed by atoms with Gasteiger partial charge in [-0.05, 0) is 56.5 Å². The highest BCUT2D eigenvalue weighted by Crippen LogP contribution is 2.23. The maximum Gasteiger partial charge on any atom is 0.258 e. The zero-order valence-electron chi connectivity index (χ0n) is 19.5. The maximum atomic E-state index is 12.5. The van der Waals surface area contributed by atoms with E-state index < -0.39 is 0 Å². The molecule has 1 aliphatic heterocycles. The van der Waals surface area contributed by atoms with Crippen molar-refractivity contribution in [2.45, 2.75) is 51.5 Å². The lowest BCUT2D eigenvalue weighted by molar-refractivity contribution is -0.122. The summed E-state index contributed by atoms with van der Waals surface area (Å²) in [5.41, 5.74) is 2.37. The molecule has 0 aliphatic carbocycles. The number of aromatic nitrogens is 2. The molecule has 1 unspecified atom stereocenters. The maximum absolute atomic E-state index is 12.5. The number of hydrogen-bond donors (Lipinski definition) is 3. The molecule has 1 saturated heterocycles. The fourth-order valence-electron chi connectivity index (χ4n) is 4.31. The van der Waals surface area contributed by atoms with E-state index in [0.717, 1.165) is 24.5 Å². The van der Waals surface area contributed by atoms with E-state index in [9.17, 15) is 14.4 Å². The van der Waals surface area contributed by atoms with E-state index >= 15 is 0 Å². The Labute approximate surface area is 198 Å². The predicted octanol–water partition coefficient (Wildman–Crippen LogP) is 3.38. The van der Waals surface area contributed by atoms with Crippen molar-refractivity contribution in [3.05, 3.63) is 64.7 Å². The normalized spacial score (nSPS) is 14.2. The zero-order valence-corrected chi connectivity index (χ0v) is 19.5. The fraction of sp³-hybridized carbons (Fsp3) is 0.385. The van der Waals surface area contributed by atoms with Gasteiger partial charge in [0, 0.05) is 49.8 Å². The van der Waals surface area contributed by atoms with Gasteiger partial charge >= 0.3 is 0 Å². The lowest BCUT2D eigenvalue weighted by atomic mass is 10.1. The number of H-pyrrole nitrogens is 1.